The highest BCUT2D eigenvalue weighted by Gasteiger charge is 1.85. The van der Waals surface area contributed by atoms with Crippen molar-refractivity contribution in [3.05, 3.63) is 12.3 Å². The van der Waals surface area contributed by atoms with Gasteiger partial charge in [-0.05, 0) is 0 Å². The summed E-state index contributed by atoms with van der Waals surface area (Å²) in [6.07, 6.45) is 5.56. The maximum Gasteiger partial charge on any atom is 0.0695 e. The van der Waals surface area contributed by atoms with E-state index < -0.39 is 0 Å². The Hall–Kier alpha value is -0.0431. The highest BCUT2D eigenvalue weighted by molar-refractivity contribution is 6.41. The number of hydrogen-bond donors (Lipinski definition) is 0. The summed E-state index contributed by atoms with van der Waals surface area (Å²) in [6.45, 7) is 5.94. The van der Waals surface area contributed by atoms with Crippen molar-refractivity contribution >= 4 is 9.52 Å². The maximum atomic E-state index is 3.69. The van der Waals surface area contributed by atoms with Crippen LogP contribution in [0.15, 0.2) is 12.3 Å². The molecule has 2 radical (unpaired) electrons. The van der Waals surface area contributed by atoms with Gasteiger partial charge < -0.3 is 0 Å². The fraction of sp³-hybridized carbons (Fsp3) is 0.750. The van der Waals surface area contributed by atoms with E-state index in [1.807, 2.05) is 5.70 Å². The Bertz CT molecular complexity index is 59.6. The van der Waals surface area contributed by atoms with Crippen LogP contribution in [0.4, 0.5) is 0 Å². The summed E-state index contributed by atoms with van der Waals surface area (Å²) >= 11 is 0. The Morgan fingerprint density at radius 2 is 2.11 bits per heavy atom. The van der Waals surface area contributed by atoms with Gasteiger partial charge in [-0.1, -0.05) is 38.7 Å². The second kappa shape index (κ2) is 7.96. The van der Waals surface area contributed by atoms with Gasteiger partial charge in [0.15, 0.2) is 0 Å². The van der Waals surface area contributed by atoms with Crippen molar-refractivity contribution in [1.82, 2.24) is 0 Å². The van der Waals surface area contributed by atoms with Gasteiger partial charge in [0.25, 0.3) is 0 Å². The zero-order valence-electron chi connectivity index (χ0n) is 6.32. The van der Waals surface area contributed by atoms with E-state index in [0.717, 1.165) is 9.52 Å². The molecule has 0 rings (SSSR count). The molecule has 0 nitrogen and oxygen atoms in total. The molecule has 0 bridgehead atoms. The smallest absolute Gasteiger partial charge is 0.0695 e. The van der Waals surface area contributed by atoms with Gasteiger partial charge in [0.05, 0.1) is 9.52 Å². The van der Waals surface area contributed by atoms with E-state index in [1.165, 1.54) is 31.7 Å². The van der Waals surface area contributed by atoms with Gasteiger partial charge in [-0.25, -0.2) is 0 Å². The summed E-state index contributed by atoms with van der Waals surface area (Å²) in [4.78, 5) is 0. The fourth-order valence-electron chi connectivity index (χ4n) is 0.756. The van der Waals surface area contributed by atoms with Crippen LogP contribution in [0.1, 0.15) is 32.6 Å². The molecule has 0 amide bonds. The normalized spacial score (nSPS) is 9.44. The van der Waals surface area contributed by atoms with Crippen LogP contribution in [-0.4, -0.2) is 9.52 Å². The molecule has 1 heteroatoms. The average Bonchev–Trinajstić information content (AvgIpc) is 1.89. The van der Waals surface area contributed by atoms with Crippen LogP contribution in [0.5, 0.6) is 0 Å². The minimum Gasteiger partial charge on any atom is -0.107 e. The first-order valence-electron chi connectivity index (χ1n) is 3.76. The molecule has 0 aromatic heterocycles. The third-order valence-electron chi connectivity index (χ3n) is 1.32. The minimum atomic E-state index is 0.990. The average molecular weight is 140 g/mol. The molecule has 0 aromatic carbocycles. The van der Waals surface area contributed by atoms with Crippen molar-refractivity contribution in [2.24, 2.45) is 0 Å². The zero-order valence-corrected chi connectivity index (χ0v) is 7.32. The molecule has 0 N–H and O–H groups in total. The van der Waals surface area contributed by atoms with Gasteiger partial charge in [0.2, 0.25) is 0 Å². The van der Waals surface area contributed by atoms with Crippen LogP contribution in [0.2, 0.25) is 6.04 Å². The predicted molar refractivity (Wildman–Crippen MR) is 44.9 cm³/mol. The Kier molecular flexibility index (Phi) is 7.92. The van der Waals surface area contributed by atoms with Crippen LogP contribution >= 0.6 is 0 Å². The van der Waals surface area contributed by atoms with Gasteiger partial charge in [-0.3, -0.25) is 0 Å². The van der Waals surface area contributed by atoms with E-state index in [9.17, 15) is 0 Å². The largest absolute Gasteiger partial charge is 0.107 e. The molecule has 0 heterocycles. The lowest BCUT2D eigenvalue weighted by atomic mass is 10.2. The van der Waals surface area contributed by atoms with E-state index in [0.29, 0.717) is 0 Å². The van der Waals surface area contributed by atoms with Crippen molar-refractivity contribution in [3.8, 4) is 0 Å². The molecule has 52 valence electrons. The van der Waals surface area contributed by atoms with Crippen LogP contribution in [0, 0.1) is 0 Å². The molecule has 0 saturated heterocycles. The van der Waals surface area contributed by atoms with E-state index in [1.54, 1.807) is 0 Å². The highest BCUT2D eigenvalue weighted by atomic mass is 28.2. The van der Waals surface area contributed by atoms with Crippen molar-refractivity contribution in [1.29, 1.82) is 0 Å². The molecule has 0 saturated carbocycles. The number of rotatable bonds is 6. The van der Waals surface area contributed by atoms with Gasteiger partial charge in [0, 0.05) is 0 Å². The van der Waals surface area contributed by atoms with E-state index >= 15 is 0 Å². The van der Waals surface area contributed by atoms with Crippen LogP contribution in [0.3, 0.4) is 0 Å². The minimum absolute atomic E-state index is 0.990. The summed E-state index contributed by atoms with van der Waals surface area (Å²) in [5, 5.41) is 0. The molecule has 9 heavy (non-hydrogen) atoms. The summed E-state index contributed by atoms with van der Waals surface area (Å²) in [5.74, 6) is 0. The van der Waals surface area contributed by atoms with Crippen molar-refractivity contribution in [2.45, 2.75) is 38.7 Å². The third-order valence-corrected chi connectivity index (χ3v) is 2.25. The lowest BCUT2D eigenvalue weighted by Crippen LogP contribution is -1.82. The predicted octanol–water partition coefficient (Wildman–Crippen LogP) is 2.83. The molecule has 0 atom stereocenters. The summed E-state index contributed by atoms with van der Waals surface area (Å²) in [6, 6.07) is 1.36. The molecule has 0 aliphatic rings. The first-order valence-corrected chi connectivity index (χ1v) is 5.04. The molecular weight excluding hydrogens is 124 g/mol. The molecule has 0 aromatic rings. The lowest BCUT2D eigenvalue weighted by molar-refractivity contribution is 0.701. The molecular formula is C8H16Si. The van der Waals surface area contributed by atoms with Crippen molar-refractivity contribution < 1.29 is 0 Å². The van der Waals surface area contributed by atoms with Gasteiger partial charge in [-0.15, -0.1) is 12.3 Å². The molecule has 0 spiro atoms. The van der Waals surface area contributed by atoms with E-state index in [2.05, 4.69) is 13.5 Å². The monoisotopic (exact) mass is 140 g/mol. The first kappa shape index (κ1) is 8.96. The van der Waals surface area contributed by atoms with Crippen LogP contribution in [0.25, 0.3) is 0 Å². The topological polar surface area (TPSA) is 0 Å². The zero-order chi connectivity index (χ0) is 6.95. The Labute approximate surface area is 61.2 Å². The molecule has 0 aliphatic heterocycles. The van der Waals surface area contributed by atoms with E-state index in [4.69, 9.17) is 0 Å². The second-order valence-corrected chi connectivity index (χ2v) is 3.54. The molecule has 0 unspecified atom stereocenters. The van der Waals surface area contributed by atoms with Crippen molar-refractivity contribution in [2.75, 3.05) is 0 Å². The lowest BCUT2D eigenvalue weighted by Gasteiger charge is -1.93. The summed E-state index contributed by atoms with van der Waals surface area (Å²) in [5.41, 5.74) is 2.03. The Balaban J connectivity index is 2.66. The Morgan fingerprint density at radius 1 is 1.33 bits per heavy atom. The van der Waals surface area contributed by atoms with Gasteiger partial charge in [-0.2, -0.15) is 0 Å². The summed E-state index contributed by atoms with van der Waals surface area (Å²) in [7, 11) is 0.990. The number of unbranched alkanes of at least 4 members (excludes halogenated alkanes) is 3. The third kappa shape index (κ3) is 7.96. The molecule has 0 fully saturated rings. The van der Waals surface area contributed by atoms with E-state index in [-0.39, 0.29) is 0 Å². The highest BCUT2D eigenvalue weighted by Crippen LogP contribution is 2.01. The van der Waals surface area contributed by atoms with Gasteiger partial charge in [0.1, 0.15) is 0 Å². The van der Waals surface area contributed by atoms with Crippen molar-refractivity contribution in [3.63, 3.8) is 0 Å². The number of hydrogen-bond acceptors (Lipinski definition) is 0. The molecule has 0 aliphatic carbocycles. The fourth-order valence-corrected chi connectivity index (χ4v) is 1.41. The summed E-state index contributed by atoms with van der Waals surface area (Å²) < 4.78 is 0. The Morgan fingerprint density at radius 3 is 2.67 bits per heavy atom. The SMILES string of the molecule is C=C[Si]CCCCCC. The standard InChI is InChI=1S/C8H16Si/c1-3-5-6-7-8-9-4-2/h4H,2-3,5-8H2,1H3. The first-order chi connectivity index (χ1) is 4.41. The van der Waals surface area contributed by atoms with Gasteiger partial charge >= 0.3 is 0 Å². The quantitative estimate of drug-likeness (QED) is 0.393. The maximum absolute atomic E-state index is 3.69. The second-order valence-electron chi connectivity index (χ2n) is 2.22. The van der Waals surface area contributed by atoms with Crippen LogP contribution < -0.4 is 0 Å². The van der Waals surface area contributed by atoms with Crippen LogP contribution in [-0.2, 0) is 0 Å².